The van der Waals surface area contributed by atoms with Crippen LogP contribution in [0.3, 0.4) is 0 Å². The summed E-state index contributed by atoms with van der Waals surface area (Å²) in [5.74, 6) is -0.947. The van der Waals surface area contributed by atoms with Crippen molar-refractivity contribution in [3.8, 4) is 0 Å². The lowest BCUT2D eigenvalue weighted by molar-refractivity contribution is -0.145. The smallest absolute Gasteiger partial charge is 0.306 e. The van der Waals surface area contributed by atoms with E-state index in [9.17, 15) is 9.59 Å². The van der Waals surface area contributed by atoms with Gasteiger partial charge in [-0.05, 0) is 12.8 Å². The van der Waals surface area contributed by atoms with Gasteiger partial charge in [-0.3, -0.25) is 9.59 Å². The van der Waals surface area contributed by atoms with E-state index in [0.717, 1.165) is 0 Å². The lowest BCUT2D eigenvalue weighted by Crippen LogP contribution is -2.38. The first-order chi connectivity index (χ1) is 5.61. The number of hydrogen-bond acceptors (Lipinski definition) is 2. The Hall–Kier alpha value is -0.770. The normalized spacial score (nSPS) is 17.8. The summed E-state index contributed by atoms with van der Waals surface area (Å²) in [5, 5.41) is 8.66. The molecule has 0 aliphatic carbocycles. The Morgan fingerprint density at radius 2 is 1.77 bits per heavy atom. The van der Waals surface area contributed by atoms with Crippen molar-refractivity contribution in [3.05, 3.63) is 0 Å². The van der Waals surface area contributed by atoms with Gasteiger partial charge in [-0.2, -0.15) is 0 Å². The summed E-state index contributed by atoms with van der Waals surface area (Å²) in [4.78, 5) is 23.1. The summed E-state index contributed by atoms with van der Waals surface area (Å²) >= 11 is 0. The summed E-state index contributed by atoms with van der Waals surface area (Å²) in [7, 11) is 0. The highest BCUT2D eigenvalue weighted by molar-refractivity contribution is 5.85. The first kappa shape index (κ1) is 12.2. The van der Waals surface area contributed by atoms with E-state index >= 15 is 0 Å². The predicted octanol–water partition coefficient (Wildman–Crippen LogP) is 0.751. The number of hydrogen-bond donors (Lipinski definition) is 1. The van der Waals surface area contributed by atoms with Crippen LogP contribution >= 0.6 is 12.4 Å². The Balaban J connectivity index is 0.00000144. The summed E-state index contributed by atoms with van der Waals surface area (Å²) in [6.45, 7) is 2.69. The molecular weight excluding hydrogens is 194 g/mol. The maximum absolute atomic E-state index is 10.9. The topological polar surface area (TPSA) is 57.6 Å². The van der Waals surface area contributed by atoms with Gasteiger partial charge in [0.05, 0.1) is 5.92 Å². The number of carboxylic acids is 1. The molecule has 1 rings (SSSR count). The highest BCUT2D eigenvalue weighted by Gasteiger charge is 2.25. The Bertz CT molecular complexity index is 178. The zero-order chi connectivity index (χ0) is 9.14. The largest absolute Gasteiger partial charge is 0.481 e. The van der Waals surface area contributed by atoms with Gasteiger partial charge >= 0.3 is 5.97 Å². The SMILES string of the molecule is CC(=O)N1CCC(C(=O)O)CC1.Cl. The molecule has 0 spiro atoms. The molecule has 0 radical (unpaired) electrons. The molecule has 0 unspecified atom stereocenters. The monoisotopic (exact) mass is 207 g/mol. The van der Waals surface area contributed by atoms with Crippen LogP contribution in [0.2, 0.25) is 0 Å². The average Bonchev–Trinajstić information content (AvgIpc) is 2.04. The zero-order valence-electron chi connectivity index (χ0n) is 7.52. The van der Waals surface area contributed by atoms with Gasteiger partial charge in [0.2, 0.25) is 5.91 Å². The lowest BCUT2D eigenvalue weighted by atomic mass is 9.97. The fraction of sp³-hybridized carbons (Fsp3) is 0.750. The second-order valence-electron chi connectivity index (χ2n) is 3.12. The third-order valence-electron chi connectivity index (χ3n) is 2.29. The molecule has 0 aromatic rings. The highest BCUT2D eigenvalue weighted by Crippen LogP contribution is 2.16. The Kier molecular flexibility index (Phi) is 4.77. The number of aliphatic carboxylic acids is 1. The van der Waals surface area contributed by atoms with E-state index in [2.05, 4.69) is 0 Å². The molecule has 0 atom stereocenters. The van der Waals surface area contributed by atoms with Crippen LogP contribution in [0.5, 0.6) is 0 Å². The molecule has 13 heavy (non-hydrogen) atoms. The summed E-state index contributed by atoms with van der Waals surface area (Å²) in [6.07, 6.45) is 1.18. The molecule has 0 aromatic carbocycles. The molecule has 1 aliphatic heterocycles. The van der Waals surface area contributed by atoms with Gasteiger partial charge in [-0.25, -0.2) is 0 Å². The number of halogens is 1. The molecule has 1 fully saturated rings. The molecule has 0 saturated carbocycles. The van der Waals surface area contributed by atoms with Crippen LogP contribution in [0.4, 0.5) is 0 Å². The van der Waals surface area contributed by atoms with Crippen molar-refractivity contribution in [2.75, 3.05) is 13.1 Å². The summed E-state index contributed by atoms with van der Waals surface area (Å²) < 4.78 is 0. The van der Waals surface area contributed by atoms with Gasteiger partial charge in [0, 0.05) is 20.0 Å². The molecule has 76 valence electrons. The molecule has 0 bridgehead atoms. The number of likely N-dealkylation sites (tertiary alicyclic amines) is 1. The fourth-order valence-corrected chi connectivity index (χ4v) is 1.44. The Morgan fingerprint density at radius 1 is 1.31 bits per heavy atom. The number of amides is 1. The first-order valence-corrected chi connectivity index (χ1v) is 4.09. The number of carboxylic acid groups (broad SMARTS) is 1. The third-order valence-corrected chi connectivity index (χ3v) is 2.29. The number of rotatable bonds is 1. The standard InChI is InChI=1S/C8H13NO3.ClH/c1-6(10)9-4-2-7(3-5-9)8(11)12;/h7H,2-5H2,1H3,(H,11,12);1H. The molecule has 1 N–H and O–H groups in total. The third kappa shape index (κ3) is 3.22. The van der Waals surface area contributed by atoms with Crippen molar-refractivity contribution in [1.82, 2.24) is 4.90 Å². The van der Waals surface area contributed by atoms with Crippen molar-refractivity contribution in [1.29, 1.82) is 0 Å². The molecule has 1 saturated heterocycles. The summed E-state index contributed by atoms with van der Waals surface area (Å²) in [5.41, 5.74) is 0. The second kappa shape index (κ2) is 5.07. The van der Waals surface area contributed by atoms with Gasteiger partial charge < -0.3 is 10.0 Å². The van der Waals surface area contributed by atoms with Crippen LogP contribution in [0.15, 0.2) is 0 Å². The molecule has 1 amide bonds. The van der Waals surface area contributed by atoms with Crippen LogP contribution in [-0.2, 0) is 9.59 Å². The van der Waals surface area contributed by atoms with Crippen molar-refractivity contribution in [2.45, 2.75) is 19.8 Å². The van der Waals surface area contributed by atoms with E-state index in [4.69, 9.17) is 5.11 Å². The predicted molar refractivity (Wildman–Crippen MR) is 49.9 cm³/mol. The number of carbonyl (C=O) groups is 2. The maximum Gasteiger partial charge on any atom is 0.306 e. The Labute approximate surface area is 83.3 Å². The molecular formula is C8H14ClNO3. The van der Waals surface area contributed by atoms with Crippen molar-refractivity contribution in [2.24, 2.45) is 5.92 Å². The van der Waals surface area contributed by atoms with Crippen molar-refractivity contribution >= 4 is 24.3 Å². The van der Waals surface area contributed by atoms with E-state index in [-0.39, 0.29) is 24.2 Å². The van der Waals surface area contributed by atoms with E-state index in [1.807, 2.05) is 0 Å². The van der Waals surface area contributed by atoms with E-state index in [1.54, 1.807) is 4.90 Å². The van der Waals surface area contributed by atoms with Crippen molar-refractivity contribution < 1.29 is 14.7 Å². The molecule has 0 aromatic heterocycles. The lowest BCUT2D eigenvalue weighted by Gasteiger charge is -2.28. The molecule has 1 heterocycles. The average molecular weight is 208 g/mol. The van der Waals surface area contributed by atoms with Crippen LogP contribution < -0.4 is 0 Å². The van der Waals surface area contributed by atoms with E-state index in [0.29, 0.717) is 25.9 Å². The summed E-state index contributed by atoms with van der Waals surface area (Å²) in [6, 6.07) is 0. The minimum absolute atomic E-state index is 0. The molecule has 4 nitrogen and oxygen atoms in total. The maximum atomic E-state index is 10.9. The van der Waals surface area contributed by atoms with Crippen LogP contribution in [0, 0.1) is 5.92 Å². The van der Waals surface area contributed by atoms with Gasteiger partial charge in [0.15, 0.2) is 0 Å². The van der Waals surface area contributed by atoms with Crippen molar-refractivity contribution in [3.63, 3.8) is 0 Å². The van der Waals surface area contributed by atoms with Crippen LogP contribution in [0.1, 0.15) is 19.8 Å². The number of carbonyl (C=O) groups excluding carboxylic acids is 1. The van der Waals surface area contributed by atoms with Gasteiger partial charge in [-0.15, -0.1) is 12.4 Å². The quantitative estimate of drug-likeness (QED) is 0.691. The molecule has 1 aliphatic rings. The number of nitrogens with zero attached hydrogens (tertiary/aromatic N) is 1. The van der Waals surface area contributed by atoms with Gasteiger partial charge in [0.25, 0.3) is 0 Å². The van der Waals surface area contributed by atoms with Gasteiger partial charge in [-0.1, -0.05) is 0 Å². The first-order valence-electron chi connectivity index (χ1n) is 4.09. The minimum Gasteiger partial charge on any atom is -0.481 e. The fourth-order valence-electron chi connectivity index (χ4n) is 1.44. The van der Waals surface area contributed by atoms with E-state index < -0.39 is 5.97 Å². The van der Waals surface area contributed by atoms with Gasteiger partial charge in [0.1, 0.15) is 0 Å². The Morgan fingerprint density at radius 3 is 2.08 bits per heavy atom. The van der Waals surface area contributed by atoms with Crippen LogP contribution in [0.25, 0.3) is 0 Å². The molecule has 5 heteroatoms. The number of piperidine rings is 1. The van der Waals surface area contributed by atoms with E-state index in [1.165, 1.54) is 6.92 Å². The second-order valence-corrected chi connectivity index (χ2v) is 3.12. The highest BCUT2D eigenvalue weighted by atomic mass is 35.5. The zero-order valence-corrected chi connectivity index (χ0v) is 8.34. The minimum atomic E-state index is -0.738. The van der Waals surface area contributed by atoms with Crippen LogP contribution in [-0.4, -0.2) is 35.0 Å².